The number of ether oxygens (including phenoxy) is 1. The van der Waals surface area contributed by atoms with Gasteiger partial charge in [-0.2, -0.15) is 4.98 Å². The number of amides is 1. The minimum Gasteiger partial charge on any atom is -0.497 e. The van der Waals surface area contributed by atoms with Crippen molar-refractivity contribution in [3.05, 3.63) is 36.5 Å². The van der Waals surface area contributed by atoms with E-state index in [0.717, 1.165) is 11.4 Å². The first kappa shape index (κ1) is 19.8. The Hall–Kier alpha value is -2.97. The summed E-state index contributed by atoms with van der Waals surface area (Å²) in [6, 6.07) is 9.27. The third kappa shape index (κ3) is 5.28. The van der Waals surface area contributed by atoms with Crippen LogP contribution in [-0.4, -0.2) is 49.0 Å². The summed E-state index contributed by atoms with van der Waals surface area (Å²) in [5.41, 5.74) is 0.875. The zero-order valence-electron chi connectivity index (χ0n) is 15.6. The SMILES string of the molecule is COc1ccc(Nc2ccnc(N3CCC(C(=O)NCC(F)F)CC3)n2)cc1. The molecule has 1 aliphatic heterocycles. The highest BCUT2D eigenvalue weighted by molar-refractivity contribution is 5.79. The molecule has 0 atom stereocenters. The molecule has 7 nitrogen and oxygen atoms in total. The molecule has 0 aliphatic carbocycles. The summed E-state index contributed by atoms with van der Waals surface area (Å²) in [7, 11) is 1.62. The molecule has 1 aliphatic rings. The summed E-state index contributed by atoms with van der Waals surface area (Å²) in [6.07, 6.45) is 0.303. The topological polar surface area (TPSA) is 79.4 Å². The van der Waals surface area contributed by atoms with Crippen molar-refractivity contribution in [1.82, 2.24) is 15.3 Å². The zero-order chi connectivity index (χ0) is 19.9. The van der Waals surface area contributed by atoms with Crippen LogP contribution in [0.15, 0.2) is 36.5 Å². The van der Waals surface area contributed by atoms with Crippen LogP contribution in [0.2, 0.25) is 0 Å². The molecule has 2 heterocycles. The summed E-state index contributed by atoms with van der Waals surface area (Å²) < 4.78 is 29.6. The highest BCUT2D eigenvalue weighted by Crippen LogP contribution is 2.23. The minimum absolute atomic E-state index is 0.254. The van der Waals surface area contributed by atoms with Gasteiger partial charge in [0.25, 0.3) is 6.43 Å². The van der Waals surface area contributed by atoms with Crippen molar-refractivity contribution in [2.45, 2.75) is 19.3 Å². The Morgan fingerprint density at radius 2 is 1.96 bits per heavy atom. The maximum atomic E-state index is 12.2. The van der Waals surface area contributed by atoms with Gasteiger partial charge in [0.2, 0.25) is 11.9 Å². The zero-order valence-corrected chi connectivity index (χ0v) is 15.6. The van der Waals surface area contributed by atoms with Crippen molar-refractivity contribution in [2.24, 2.45) is 5.92 Å². The van der Waals surface area contributed by atoms with Gasteiger partial charge < -0.3 is 20.3 Å². The van der Waals surface area contributed by atoms with Gasteiger partial charge in [-0.3, -0.25) is 4.79 Å². The number of methoxy groups -OCH3 is 1. The summed E-state index contributed by atoms with van der Waals surface area (Å²) in [6.45, 7) is 0.596. The van der Waals surface area contributed by atoms with Crippen LogP contribution in [0.3, 0.4) is 0 Å². The quantitative estimate of drug-likeness (QED) is 0.756. The Kier molecular flexibility index (Phi) is 6.57. The average Bonchev–Trinajstić information content (AvgIpc) is 2.73. The molecule has 0 bridgehead atoms. The molecule has 1 fully saturated rings. The largest absolute Gasteiger partial charge is 0.497 e. The van der Waals surface area contributed by atoms with Gasteiger partial charge in [-0.25, -0.2) is 13.8 Å². The lowest BCUT2D eigenvalue weighted by Gasteiger charge is -2.31. The van der Waals surface area contributed by atoms with Crippen LogP contribution in [0.25, 0.3) is 0 Å². The maximum absolute atomic E-state index is 12.2. The van der Waals surface area contributed by atoms with Gasteiger partial charge >= 0.3 is 0 Å². The van der Waals surface area contributed by atoms with Gasteiger partial charge in [0.1, 0.15) is 11.6 Å². The van der Waals surface area contributed by atoms with Gasteiger partial charge in [0.15, 0.2) is 0 Å². The highest BCUT2D eigenvalue weighted by Gasteiger charge is 2.26. The van der Waals surface area contributed by atoms with E-state index in [9.17, 15) is 13.6 Å². The number of nitrogens with one attached hydrogen (secondary N) is 2. The number of rotatable bonds is 7. The van der Waals surface area contributed by atoms with Crippen LogP contribution in [-0.2, 0) is 4.79 Å². The maximum Gasteiger partial charge on any atom is 0.255 e. The molecule has 1 aromatic carbocycles. The fourth-order valence-electron chi connectivity index (χ4n) is 3.06. The van der Waals surface area contributed by atoms with Crippen LogP contribution < -0.4 is 20.3 Å². The molecule has 0 unspecified atom stereocenters. The predicted molar refractivity (Wildman–Crippen MR) is 102 cm³/mol. The van der Waals surface area contributed by atoms with Gasteiger partial charge in [0.05, 0.1) is 13.7 Å². The first-order valence-electron chi connectivity index (χ1n) is 9.10. The fourth-order valence-corrected chi connectivity index (χ4v) is 3.06. The van der Waals surface area contributed by atoms with Crippen LogP contribution in [0.4, 0.5) is 26.2 Å². The van der Waals surface area contributed by atoms with E-state index in [2.05, 4.69) is 20.6 Å². The summed E-state index contributed by atoms with van der Waals surface area (Å²) in [5.74, 6) is 1.44. The number of benzene rings is 1. The molecule has 1 saturated heterocycles. The summed E-state index contributed by atoms with van der Waals surface area (Å²) in [4.78, 5) is 22.8. The molecule has 2 aromatic rings. The molecule has 3 rings (SSSR count). The molecule has 2 N–H and O–H groups in total. The molecule has 150 valence electrons. The van der Waals surface area contributed by atoms with E-state index in [1.807, 2.05) is 29.2 Å². The van der Waals surface area contributed by atoms with Crippen molar-refractivity contribution in [3.8, 4) is 5.75 Å². The number of hydrogen-bond donors (Lipinski definition) is 2. The second kappa shape index (κ2) is 9.29. The Labute approximate surface area is 162 Å². The molecule has 0 spiro atoms. The third-order valence-electron chi connectivity index (χ3n) is 4.58. The van der Waals surface area contributed by atoms with Gasteiger partial charge in [-0.1, -0.05) is 0 Å². The van der Waals surface area contributed by atoms with Crippen LogP contribution >= 0.6 is 0 Å². The number of alkyl halides is 2. The van der Waals surface area contributed by atoms with Crippen LogP contribution in [0.5, 0.6) is 5.75 Å². The van der Waals surface area contributed by atoms with Crippen LogP contribution in [0.1, 0.15) is 12.8 Å². The third-order valence-corrected chi connectivity index (χ3v) is 4.58. The van der Waals surface area contributed by atoms with E-state index in [4.69, 9.17) is 4.74 Å². The lowest BCUT2D eigenvalue weighted by atomic mass is 9.96. The van der Waals surface area contributed by atoms with Gasteiger partial charge in [-0.15, -0.1) is 0 Å². The number of halogens is 2. The van der Waals surface area contributed by atoms with Crippen molar-refractivity contribution in [1.29, 1.82) is 0 Å². The van der Waals surface area contributed by atoms with Gasteiger partial charge in [0, 0.05) is 30.9 Å². The molecule has 0 radical (unpaired) electrons. The Bertz CT molecular complexity index is 780. The number of aromatic nitrogens is 2. The number of piperidine rings is 1. The van der Waals surface area contributed by atoms with E-state index < -0.39 is 13.0 Å². The van der Waals surface area contributed by atoms with Crippen LogP contribution in [0, 0.1) is 5.92 Å². The Morgan fingerprint density at radius 3 is 2.61 bits per heavy atom. The monoisotopic (exact) mass is 391 g/mol. The fraction of sp³-hybridized carbons (Fsp3) is 0.421. The van der Waals surface area contributed by atoms with Crippen molar-refractivity contribution < 1.29 is 18.3 Å². The number of carbonyl (C=O) groups excluding carboxylic acids is 1. The predicted octanol–water partition coefficient (Wildman–Crippen LogP) is 2.83. The lowest BCUT2D eigenvalue weighted by Crippen LogP contribution is -2.42. The van der Waals surface area contributed by atoms with Crippen molar-refractivity contribution in [2.75, 3.05) is 37.0 Å². The van der Waals surface area contributed by atoms with Gasteiger partial charge in [-0.05, 0) is 43.2 Å². The molecule has 1 aromatic heterocycles. The van der Waals surface area contributed by atoms with Crippen molar-refractivity contribution in [3.63, 3.8) is 0 Å². The van der Waals surface area contributed by atoms with Crippen molar-refractivity contribution >= 4 is 23.4 Å². The number of hydrogen-bond acceptors (Lipinski definition) is 6. The standard InChI is InChI=1S/C19H23F2N5O2/c1-28-15-4-2-14(3-5-15)24-17-6-9-22-19(25-17)26-10-7-13(8-11-26)18(27)23-12-16(20)21/h2-6,9,13,16H,7-8,10-12H2,1H3,(H,23,27)(H,22,24,25). The van der Waals surface area contributed by atoms with E-state index in [-0.39, 0.29) is 11.8 Å². The Balaban J connectivity index is 1.56. The smallest absolute Gasteiger partial charge is 0.255 e. The molecule has 28 heavy (non-hydrogen) atoms. The Morgan fingerprint density at radius 1 is 1.25 bits per heavy atom. The van der Waals surface area contributed by atoms with E-state index in [1.165, 1.54) is 0 Å². The second-order valence-electron chi connectivity index (χ2n) is 6.49. The number of anilines is 3. The second-order valence-corrected chi connectivity index (χ2v) is 6.49. The summed E-state index contributed by atoms with van der Waals surface area (Å²) >= 11 is 0. The van der Waals surface area contributed by atoms with E-state index in [1.54, 1.807) is 19.4 Å². The molecular weight excluding hydrogens is 368 g/mol. The normalized spacial score (nSPS) is 14.8. The number of nitrogens with zero attached hydrogens (tertiary/aromatic N) is 3. The first-order valence-corrected chi connectivity index (χ1v) is 9.10. The molecule has 9 heteroatoms. The average molecular weight is 391 g/mol. The first-order chi connectivity index (χ1) is 13.5. The van der Waals surface area contributed by atoms with E-state index in [0.29, 0.717) is 37.7 Å². The summed E-state index contributed by atoms with van der Waals surface area (Å²) in [5, 5.41) is 5.51. The number of carbonyl (C=O) groups is 1. The highest BCUT2D eigenvalue weighted by atomic mass is 19.3. The molecule has 1 amide bonds. The molecule has 0 saturated carbocycles. The minimum atomic E-state index is -2.53. The van der Waals surface area contributed by atoms with E-state index >= 15 is 0 Å². The lowest BCUT2D eigenvalue weighted by molar-refractivity contribution is -0.126. The molecular formula is C19H23F2N5O2.